The Kier molecular flexibility index (Phi) is 8.56. The Morgan fingerprint density at radius 2 is 1.66 bits per heavy atom. The van der Waals surface area contributed by atoms with Gasteiger partial charge in [0.25, 0.3) is 0 Å². The molecule has 3 heterocycles. The average molecular weight is 410 g/mol. The molecular formula is C21H39N5O3. The van der Waals surface area contributed by atoms with Crippen LogP contribution < -0.4 is 10.6 Å². The number of hydrogen-bond acceptors (Lipinski definition) is 6. The fourth-order valence-electron chi connectivity index (χ4n) is 4.45. The van der Waals surface area contributed by atoms with E-state index in [9.17, 15) is 9.59 Å². The Labute approximate surface area is 175 Å². The third-order valence-electron chi connectivity index (χ3n) is 6.27. The van der Waals surface area contributed by atoms with E-state index in [4.69, 9.17) is 4.74 Å². The minimum Gasteiger partial charge on any atom is -0.464 e. The van der Waals surface area contributed by atoms with E-state index in [0.717, 1.165) is 65.2 Å². The first-order chi connectivity index (χ1) is 14.0. The molecule has 3 aliphatic heterocycles. The maximum atomic E-state index is 12.7. The first-order valence-electron chi connectivity index (χ1n) is 11.4. The van der Waals surface area contributed by atoms with Crippen LogP contribution in [0, 0.1) is 5.92 Å². The predicted octanol–water partition coefficient (Wildman–Crippen LogP) is 0.729. The topological polar surface area (TPSA) is 77.2 Å². The zero-order valence-electron chi connectivity index (χ0n) is 18.2. The van der Waals surface area contributed by atoms with Crippen molar-refractivity contribution in [3.05, 3.63) is 0 Å². The zero-order valence-corrected chi connectivity index (χ0v) is 18.2. The van der Waals surface area contributed by atoms with E-state index in [-0.39, 0.29) is 18.0 Å². The van der Waals surface area contributed by atoms with Gasteiger partial charge in [-0.2, -0.15) is 0 Å². The van der Waals surface area contributed by atoms with Gasteiger partial charge >= 0.3 is 12.0 Å². The van der Waals surface area contributed by atoms with Crippen LogP contribution >= 0.6 is 0 Å². The van der Waals surface area contributed by atoms with Crippen molar-refractivity contribution in [2.24, 2.45) is 5.92 Å². The van der Waals surface area contributed by atoms with Crippen molar-refractivity contribution in [3.63, 3.8) is 0 Å². The lowest BCUT2D eigenvalue weighted by atomic mass is 10.0. The van der Waals surface area contributed by atoms with Crippen molar-refractivity contribution >= 4 is 12.0 Å². The van der Waals surface area contributed by atoms with Crippen molar-refractivity contribution in [1.29, 1.82) is 0 Å². The zero-order chi connectivity index (χ0) is 20.6. The predicted molar refractivity (Wildman–Crippen MR) is 113 cm³/mol. The van der Waals surface area contributed by atoms with Crippen LogP contribution in [-0.2, 0) is 9.53 Å². The summed E-state index contributed by atoms with van der Waals surface area (Å²) in [5, 5.41) is 6.63. The summed E-state index contributed by atoms with van der Waals surface area (Å²) in [7, 11) is 0. The Morgan fingerprint density at radius 3 is 2.28 bits per heavy atom. The summed E-state index contributed by atoms with van der Waals surface area (Å²) in [5.41, 5.74) is 0. The van der Waals surface area contributed by atoms with E-state index < -0.39 is 0 Å². The van der Waals surface area contributed by atoms with E-state index in [1.54, 1.807) is 0 Å². The second-order valence-electron chi connectivity index (χ2n) is 9.08. The van der Waals surface area contributed by atoms with Crippen molar-refractivity contribution in [2.45, 2.75) is 51.6 Å². The highest BCUT2D eigenvalue weighted by molar-refractivity contribution is 5.74. The standard InChI is InChI=1S/C21H39N5O3/c1-17(2)16-29-20(27)15-24-9-5-18(6-10-24)23-21(28)26-13-11-25(12-14-26)19-3-7-22-8-4-19/h17-19,22H,3-16H2,1-2H3,(H,23,28). The molecule has 3 saturated heterocycles. The lowest BCUT2D eigenvalue weighted by Crippen LogP contribution is -2.57. The molecule has 2 amide bonds. The molecule has 0 unspecified atom stereocenters. The SMILES string of the molecule is CC(C)COC(=O)CN1CCC(NC(=O)N2CCN(C3CCNCC3)CC2)CC1. The summed E-state index contributed by atoms with van der Waals surface area (Å²) in [6.45, 7) is 12.4. The summed E-state index contributed by atoms with van der Waals surface area (Å²) in [5.74, 6) is 0.217. The second-order valence-corrected chi connectivity index (χ2v) is 9.08. The number of hydrogen-bond donors (Lipinski definition) is 2. The summed E-state index contributed by atoms with van der Waals surface area (Å²) in [6.07, 6.45) is 4.21. The maximum absolute atomic E-state index is 12.7. The molecule has 29 heavy (non-hydrogen) atoms. The largest absolute Gasteiger partial charge is 0.464 e. The van der Waals surface area contributed by atoms with Gasteiger partial charge < -0.3 is 20.3 Å². The minimum absolute atomic E-state index is 0.0738. The highest BCUT2D eigenvalue weighted by Gasteiger charge is 2.29. The summed E-state index contributed by atoms with van der Waals surface area (Å²) in [4.78, 5) is 31.2. The van der Waals surface area contributed by atoms with Gasteiger partial charge in [-0.25, -0.2) is 4.79 Å². The molecule has 3 rings (SSSR count). The van der Waals surface area contributed by atoms with Gasteiger partial charge in [0.1, 0.15) is 0 Å². The van der Waals surface area contributed by atoms with Crippen molar-refractivity contribution < 1.29 is 14.3 Å². The Balaban J connectivity index is 1.31. The Bertz CT molecular complexity index is 522. The van der Waals surface area contributed by atoms with Gasteiger partial charge in [-0.15, -0.1) is 0 Å². The number of carbonyl (C=O) groups is 2. The van der Waals surface area contributed by atoms with E-state index in [1.165, 1.54) is 12.8 Å². The molecule has 2 N–H and O–H groups in total. The average Bonchev–Trinajstić information content (AvgIpc) is 2.74. The molecule has 0 aromatic heterocycles. The molecule has 0 atom stereocenters. The fourth-order valence-corrected chi connectivity index (χ4v) is 4.45. The number of rotatable bonds is 6. The van der Waals surface area contributed by atoms with Crippen molar-refractivity contribution in [1.82, 2.24) is 25.3 Å². The van der Waals surface area contributed by atoms with Crippen LogP contribution in [0.5, 0.6) is 0 Å². The molecule has 166 valence electrons. The van der Waals surface area contributed by atoms with Crippen LogP contribution in [0.3, 0.4) is 0 Å². The van der Waals surface area contributed by atoms with E-state index in [1.807, 2.05) is 18.7 Å². The number of nitrogens with one attached hydrogen (secondary N) is 2. The lowest BCUT2D eigenvalue weighted by molar-refractivity contribution is -0.146. The van der Waals surface area contributed by atoms with Crippen LogP contribution in [0.4, 0.5) is 4.79 Å². The number of esters is 1. The molecule has 3 aliphatic rings. The monoisotopic (exact) mass is 409 g/mol. The van der Waals surface area contributed by atoms with Gasteiger partial charge in [-0.05, 0) is 44.7 Å². The molecule has 0 aliphatic carbocycles. The number of likely N-dealkylation sites (tertiary alicyclic amines) is 1. The van der Waals surface area contributed by atoms with E-state index in [2.05, 4.69) is 20.4 Å². The van der Waals surface area contributed by atoms with Crippen LogP contribution in [-0.4, -0.2) is 104 Å². The van der Waals surface area contributed by atoms with Gasteiger partial charge in [-0.3, -0.25) is 14.6 Å². The highest BCUT2D eigenvalue weighted by Crippen LogP contribution is 2.15. The second kappa shape index (κ2) is 11.1. The van der Waals surface area contributed by atoms with Gasteiger partial charge in [0.15, 0.2) is 0 Å². The quantitative estimate of drug-likeness (QED) is 0.630. The number of piperazine rings is 1. The number of amides is 2. The smallest absolute Gasteiger partial charge is 0.320 e. The molecule has 0 spiro atoms. The third-order valence-corrected chi connectivity index (χ3v) is 6.27. The summed E-state index contributed by atoms with van der Waals surface area (Å²) in [6, 6.07) is 0.954. The van der Waals surface area contributed by atoms with Crippen LogP contribution in [0.15, 0.2) is 0 Å². The lowest BCUT2D eigenvalue weighted by Gasteiger charge is -2.41. The number of carbonyl (C=O) groups excluding carboxylic acids is 2. The molecule has 0 bridgehead atoms. The Hall–Kier alpha value is -1.38. The molecular weight excluding hydrogens is 370 g/mol. The molecule has 8 nitrogen and oxygen atoms in total. The normalized spacial score (nSPS) is 23.3. The molecule has 0 aromatic rings. The number of ether oxygens (including phenoxy) is 1. The van der Waals surface area contributed by atoms with Crippen molar-refractivity contribution in [3.8, 4) is 0 Å². The third kappa shape index (κ3) is 7.12. The molecule has 3 fully saturated rings. The van der Waals surface area contributed by atoms with Gasteiger partial charge in [0.05, 0.1) is 13.2 Å². The van der Waals surface area contributed by atoms with Gasteiger partial charge in [0, 0.05) is 51.4 Å². The molecule has 0 saturated carbocycles. The number of nitrogens with zero attached hydrogens (tertiary/aromatic N) is 3. The molecule has 0 radical (unpaired) electrons. The highest BCUT2D eigenvalue weighted by atomic mass is 16.5. The first-order valence-corrected chi connectivity index (χ1v) is 11.4. The maximum Gasteiger partial charge on any atom is 0.320 e. The summed E-state index contributed by atoms with van der Waals surface area (Å²) < 4.78 is 5.26. The Morgan fingerprint density at radius 1 is 1.00 bits per heavy atom. The summed E-state index contributed by atoms with van der Waals surface area (Å²) >= 11 is 0. The van der Waals surface area contributed by atoms with Gasteiger partial charge in [-0.1, -0.05) is 13.8 Å². The van der Waals surface area contributed by atoms with E-state index in [0.29, 0.717) is 25.1 Å². The van der Waals surface area contributed by atoms with Crippen LogP contribution in [0.2, 0.25) is 0 Å². The number of urea groups is 1. The van der Waals surface area contributed by atoms with Crippen molar-refractivity contribution in [2.75, 3.05) is 65.5 Å². The first kappa shape index (κ1) is 22.3. The molecule has 8 heteroatoms. The minimum atomic E-state index is -0.146. The van der Waals surface area contributed by atoms with Gasteiger partial charge in [0.2, 0.25) is 0 Å². The van der Waals surface area contributed by atoms with Crippen LogP contribution in [0.25, 0.3) is 0 Å². The van der Waals surface area contributed by atoms with E-state index >= 15 is 0 Å². The fraction of sp³-hybridized carbons (Fsp3) is 0.905. The molecule has 0 aromatic carbocycles. The number of piperidine rings is 2. The van der Waals surface area contributed by atoms with Crippen LogP contribution in [0.1, 0.15) is 39.5 Å².